The van der Waals surface area contributed by atoms with Gasteiger partial charge in [0.2, 0.25) is 10.4 Å². The molecule has 4 saturated heterocycles. The third-order valence-electron chi connectivity index (χ3n) is 18.0. The van der Waals surface area contributed by atoms with E-state index in [0.717, 1.165) is 123 Å². The van der Waals surface area contributed by atoms with Gasteiger partial charge >= 0.3 is 78.9 Å². The summed E-state index contributed by atoms with van der Waals surface area (Å²) in [5.74, 6) is 2.00. The molecule has 3 aromatic heterocycles. The second kappa shape index (κ2) is 34.6. The van der Waals surface area contributed by atoms with Crippen LogP contribution in [0.3, 0.4) is 0 Å². The second-order valence-corrected chi connectivity index (χ2v) is 26.5. The van der Waals surface area contributed by atoms with Gasteiger partial charge in [-0.05, 0) is 187 Å². The third-order valence-corrected chi connectivity index (χ3v) is 19.6. The number of ether oxygens (including phenoxy) is 2. The predicted molar refractivity (Wildman–Crippen MR) is 379 cm³/mol. The molecule has 4 aliphatic rings. The Balaban J connectivity index is 0.000000166. The summed E-state index contributed by atoms with van der Waals surface area (Å²) in [5, 5.41) is 33.6. The number of aliphatic hydroxyl groups is 1. The number of aromatic nitrogens is 9. The Kier molecular flexibility index (Phi) is 26.3. The number of hydrogen-bond acceptors (Lipinski definition) is 24. The molecular weight excluding hydrogens is 1370 g/mol. The maximum absolute atomic E-state index is 12.8. The van der Waals surface area contributed by atoms with Gasteiger partial charge in [-0.15, -0.1) is 0 Å². The van der Waals surface area contributed by atoms with E-state index in [1.807, 2.05) is 97.1 Å². The Morgan fingerprint density at radius 1 is 0.485 bits per heavy atom. The summed E-state index contributed by atoms with van der Waals surface area (Å²) >= 11 is 0. The molecule has 0 aliphatic carbocycles. The topological polar surface area (TPSA) is 328 Å². The average Bonchev–Trinajstić information content (AvgIpc) is 1.49. The van der Waals surface area contributed by atoms with Crippen LogP contribution < -0.4 is 107 Å². The van der Waals surface area contributed by atoms with Gasteiger partial charge in [0, 0.05) is 113 Å². The molecule has 13 rings (SSSR count). The fraction of sp³-hybridized carbons (Fsp3) is 0.382. The molecule has 0 radical (unpaired) electrons. The molecule has 6 aromatic carbocycles. The minimum atomic E-state index is -4.89. The first-order chi connectivity index (χ1) is 47.8. The van der Waals surface area contributed by atoms with Gasteiger partial charge in [0.05, 0.1) is 55.6 Å². The fourth-order valence-electron chi connectivity index (χ4n) is 11.6. The SMILES string of the molecule is COc1ccc(N2CCN(c3ccc(-n4cn[nH]c4=O)cc3)CC2)cc1.COc1ccc(N2CCN(c3ccc(-n4cnn([C@@H](C)[C@H](C)OS(=O)(=O)[O-])c4=O)cc3)CC2)cc1.C[C@@H]1OS(=O)(=O)O[C@@H]1C.C[C@H](O)[C@H](C)n1ncn(-c2ccc(N3CCN(c4ccc(O)cc4)CC3)cc2)c1=O.[K+]. The number of phenols is 1. The molecule has 4 fully saturated rings. The summed E-state index contributed by atoms with van der Waals surface area (Å²) < 4.78 is 83.9. The average molecular weight is 1450 g/mol. The van der Waals surface area contributed by atoms with Crippen molar-refractivity contribution in [3.05, 3.63) is 196 Å². The molecular formula is C68H84KN15O15S2. The van der Waals surface area contributed by atoms with Crippen LogP contribution in [0.25, 0.3) is 17.1 Å². The van der Waals surface area contributed by atoms with E-state index < -0.39 is 44.7 Å². The number of anilines is 6. The van der Waals surface area contributed by atoms with Crippen LogP contribution in [0.4, 0.5) is 34.1 Å². The quantitative estimate of drug-likeness (QED) is 0.0670. The maximum atomic E-state index is 12.8. The molecule has 4 aliphatic heterocycles. The van der Waals surface area contributed by atoms with Gasteiger partial charge in [-0.25, -0.2) is 59.3 Å². The van der Waals surface area contributed by atoms with Crippen molar-refractivity contribution in [3.63, 3.8) is 0 Å². The van der Waals surface area contributed by atoms with Crippen molar-refractivity contribution in [2.24, 2.45) is 0 Å². The molecule has 534 valence electrons. The molecule has 0 amide bonds. The third kappa shape index (κ3) is 19.9. The zero-order valence-electron chi connectivity index (χ0n) is 57.8. The molecule has 30 nitrogen and oxygen atoms in total. The number of aliphatic hydroxyl groups excluding tert-OH is 1. The van der Waals surface area contributed by atoms with Crippen molar-refractivity contribution in [1.29, 1.82) is 0 Å². The van der Waals surface area contributed by atoms with Gasteiger partial charge < -0.3 is 53.6 Å². The van der Waals surface area contributed by atoms with Gasteiger partial charge in [-0.1, -0.05) is 0 Å². The van der Waals surface area contributed by atoms with Crippen LogP contribution in [-0.4, -0.2) is 192 Å². The molecule has 3 N–H and O–H groups in total. The summed E-state index contributed by atoms with van der Waals surface area (Å²) in [6.07, 6.45) is 1.94. The molecule has 0 bridgehead atoms. The van der Waals surface area contributed by atoms with Crippen LogP contribution in [0.15, 0.2) is 179 Å². The zero-order chi connectivity index (χ0) is 71.4. The van der Waals surface area contributed by atoms with E-state index in [-0.39, 0.29) is 86.8 Å². The van der Waals surface area contributed by atoms with Gasteiger partial charge in [-0.3, -0.25) is 4.18 Å². The molecule has 0 saturated carbocycles. The van der Waals surface area contributed by atoms with E-state index in [2.05, 4.69) is 98.7 Å². The van der Waals surface area contributed by atoms with Crippen LogP contribution in [0.1, 0.15) is 53.6 Å². The molecule has 101 heavy (non-hydrogen) atoms. The van der Waals surface area contributed by atoms with Gasteiger partial charge in [-0.2, -0.15) is 23.7 Å². The number of rotatable bonds is 17. The van der Waals surface area contributed by atoms with E-state index in [4.69, 9.17) is 9.47 Å². The standard InChI is InChI=1S/C23H29N5O6S.C22H27N5O3.C19H21N5O2.C4H8O4S.K/c1-17(18(2)34-35(30,31)32)28-23(29)27(16-24-28)21-6-4-19(5-7-21)25-12-14-26(15-13-25)20-8-10-22(33-3)11-9-20;1-16(17(2)28)27-22(30)26(15-23-27)20-5-3-18(4-6-20)24-11-13-25(14-12-24)19-7-9-21(29)10-8-19;1-26-18-8-6-16(7-9-18)23-12-10-22(11-13-23)15-2-4-17(5-3-15)24-14-20-21-19(24)25;1-3-4(2)8-9(5,6)7-3;/h4-11,16-18H,12-15H2,1-3H3,(H,30,31,32);3-10,15-17,28-29H,11-14H2,1-2H3;2-9,14H,10-13H2,1H3,(H,21,25);3-4H,1-2H3;/q;;;;+1/p-1/t17-,18-;16-,17-;;3-,4+;/m00.../s1. The van der Waals surface area contributed by atoms with Crippen molar-refractivity contribution in [2.45, 2.75) is 78.0 Å². The van der Waals surface area contributed by atoms with Crippen LogP contribution in [0, 0.1) is 0 Å². The molecule has 9 aromatic rings. The number of benzene rings is 6. The monoisotopic (exact) mass is 1450 g/mol. The Hall–Kier alpha value is -8.32. The number of aromatic hydroxyl groups is 1. The second-order valence-electron chi connectivity index (χ2n) is 24.3. The Morgan fingerprint density at radius 2 is 0.772 bits per heavy atom. The van der Waals surface area contributed by atoms with Crippen LogP contribution in [0.2, 0.25) is 0 Å². The smallest absolute Gasteiger partial charge is 0.726 e. The van der Waals surface area contributed by atoms with Gasteiger partial charge in [0.15, 0.2) is 0 Å². The fourth-order valence-corrected chi connectivity index (χ4v) is 13.2. The molecule has 33 heteroatoms. The van der Waals surface area contributed by atoms with E-state index >= 15 is 0 Å². The molecule has 7 heterocycles. The number of H-pyrrole nitrogens is 1. The van der Waals surface area contributed by atoms with Crippen molar-refractivity contribution >= 4 is 54.9 Å². The summed E-state index contributed by atoms with van der Waals surface area (Å²) in [7, 11) is -5.19. The number of phenolic OH excluding ortho intramolecular Hbond substituents is 1. The summed E-state index contributed by atoms with van der Waals surface area (Å²) in [5.41, 5.74) is 8.06. The number of nitrogens with zero attached hydrogens (tertiary/aromatic N) is 14. The number of aromatic amines is 1. The first kappa shape index (κ1) is 76.8. The van der Waals surface area contributed by atoms with Crippen molar-refractivity contribution in [3.8, 4) is 34.3 Å². The summed E-state index contributed by atoms with van der Waals surface area (Å²) in [6.45, 7) is 20.6. The van der Waals surface area contributed by atoms with Crippen molar-refractivity contribution in [2.75, 3.05) is 122 Å². The maximum Gasteiger partial charge on any atom is 1.00 e. The Bertz CT molecular complexity index is 4500. The minimum Gasteiger partial charge on any atom is -0.726 e. The van der Waals surface area contributed by atoms with Gasteiger partial charge in [0.25, 0.3) is 0 Å². The number of piperazine rings is 3. The van der Waals surface area contributed by atoms with E-state index in [9.17, 15) is 46.0 Å². The first-order valence-corrected chi connectivity index (χ1v) is 35.3. The Morgan fingerprint density at radius 3 is 1.04 bits per heavy atom. The molecule has 0 unspecified atom stereocenters. The van der Waals surface area contributed by atoms with Crippen LogP contribution in [0.5, 0.6) is 17.2 Å². The minimum absolute atomic E-state index is 0. The molecule has 0 spiro atoms. The normalized spacial score (nSPS) is 17.9. The van der Waals surface area contributed by atoms with E-state index in [0.29, 0.717) is 5.69 Å². The summed E-state index contributed by atoms with van der Waals surface area (Å²) in [6, 6.07) is 45.9. The van der Waals surface area contributed by atoms with Crippen LogP contribution in [-0.2, 0) is 33.3 Å². The predicted octanol–water partition coefficient (Wildman–Crippen LogP) is 2.76. The Labute approximate surface area is 628 Å². The van der Waals surface area contributed by atoms with Crippen LogP contribution >= 0.6 is 0 Å². The van der Waals surface area contributed by atoms with E-state index in [1.54, 1.807) is 61.0 Å². The number of methoxy groups -OCH3 is 2. The number of nitrogens with one attached hydrogen (secondary N) is 1. The summed E-state index contributed by atoms with van der Waals surface area (Å²) in [4.78, 5) is 51.1. The van der Waals surface area contributed by atoms with Crippen molar-refractivity contribution < 1.29 is 105 Å². The number of hydrogen-bond donors (Lipinski definition) is 3. The molecule has 6 atom stereocenters. The van der Waals surface area contributed by atoms with Gasteiger partial charge in [0.1, 0.15) is 48.4 Å². The van der Waals surface area contributed by atoms with E-state index in [1.165, 1.54) is 61.4 Å². The largest absolute Gasteiger partial charge is 1.00 e. The zero-order valence-corrected chi connectivity index (χ0v) is 62.6. The first-order valence-electron chi connectivity index (χ1n) is 32.6. The van der Waals surface area contributed by atoms with Crippen molar-refractivity contribution in [1.82, 2.24) is 43.5 Å².